The molecule has 1 amide bonds. The molecule has 0 saturated carbocycles. The van der Waals surface area contributed by atoms with Crippen LogP contribution in [0.5, 0.6) is 0 Å². The van der Waals surface area contributed by atoms with Crippen LogP contribution >= 0.6 is 0 Å². The Morgan fingerprint density at radius 1 is 1.62 bits per heavy atom. The fourth-order valence-electron chi connectivity index (χ4n) is 1.98. The van der Waals surface area contributed by atoms with Gasteiger partial charge in [-0.15, -0.1) is 0 Å². The van der Waals surface area contributed by atoms with Crippen molar-refractivity contribution < 1.29 is 14.0 Å². The number of piperidine rings is 1. The average Bonchev–Trinajstić information content (AvgIpc) is 2.78. The summed E-state index contributed by atoms with van der Waals surface area (Å²) in [5.74, 6) is 0.308. The number of hydrogen-bond donors (Lipinski definition) is 0. The summed E-state index contributed by atoms with van der Waals surface area (Å²) in [5.41, 5.74) is 0. The molecule has 1 fully saturated rings. The van der Waals surface area contributed by atoms with E-state index in [0.717, 1.165) is 12.8 Å². The highest BCUT2D eigenvalue weighted by atomic mass is 16.3. The Kier molecular flexibility index (Phi) is 3.08. The van der Waals surface area contributed by atoms with Crippen LogP contribution in [0, 0.1) is 5.92 Å². The van der Waals surface area contributed by atoms with Crippen LogP contribution in [0.1, 0.15) is 30.3 Å². The van der Waals surface area contributed by atoms with Crippen LogP contribution in [0.4, 0.5) is 0 Å². The number of rotatable bonds is 3. The Balaban J connectivity index is 1.99. The van der Waals surface area contributed by atoms with Crippen LogP contribution < -0.4 is 0 Å². The lowest BCUT2D eigenvalue weighted by Gasteiger charge is -2.29. The number of hydrogen-bond acceptors (Lipinski definition) is 3. The molecule has 2 heterocycles. The maximum Gasteiger partial charge on any atom is 0.225 e. The summed E-state index contributed by atoms with van der Waals surface area (Å²) < 4.78 is 5.01. The number of furan rings is 1. The maximum atomic E-state index is 11.8. The molecule has 0 N–H and O–H groups in total. The predicted octanol–water partition coefficient (Wildman–Crippen LogP) is 1.72. The molecule has 1 atom stereocenters. The lowest BCUT2D eigenvalue weighted by molar-refractivity contribution is -0.137. The van der Waals surface area contributed by atoms with Gasteiger partial charge in [-0.05, 0) is 25.0 Å². The molecule has 16 heavy (non-hydrogen) atoms. The van der Waals surface area contributed by atoms with E-state index in [9.17, 15) is 9.59 Å². The smallest absolute Gasteiger partial charge is 0.225 e. The molecule has 0 aliphatic carbocycles. The van der Waals surface area contributed by atoms with Gasteiger partial charge in [-0.2, -0.15) is 0 Å². The molecule has 0 bridgehead atoms. The van der Waals surface area contributed by atoms with Gasteiger partial charge in [-0.3, -0.25) is 9.59 Å². The van der Waals surface area contributed by atoms with Gasteiger partial charge < -0.3 is 9.32 Å². The first-order valence-corrected chi connectivity index (χ1v) is 5.54. The van der Waals surface area contributed by atoms with Crippen molar-refractivity contribution in [1.82, 2.24) is 4.90 Å². The van der Waals surface area contributed by atoms with E-state index in [0.29, 0.717) is 12.3 Å². The third-order valence-corrected chi connectivity index (χ3v) is 2.93. The quantitative estimate of drug-likeness (QED) is 0.730. The number of nitrogens with zero attached hydrogens (tertiary/aromatic N) is 1. The monoisotopic (exact) mass is 221 g/mol. The lowest BCUT2D eigenvalue weighted by Crippen LogP contribution is -2.42. The van der Waals surface area contributed by atoms with Crippen molar-refractivity contribution in [2.45, 2.75) is 19.8 Å². The van der Waals surface area contributed by atoms with Crippen molar-refractivity contribution in [2.75, 3.05) is 13.1 Å². The summed E-state index contributed by atoms with van der Waals surface area (Å²) in [5, 5.41) is 0. The van der Waals surface area contributed by atoms with Crippen LogP contribution in [-0.4, -0.2) is 29.7 Å². The largest absolute Gasteiger partial charge is 0.461 e. The second-order valence-corrected chi connectivity index (χ2v) is 4.20. The van der Waals surface area contributed by atoms with Gasteiger partial charge in [0.2, 0.25) is 11.7 Å². The topological polar surface area (TPSA) is 50.5 Å². The van der Waals surface area contributed by atoms with E-state index in [2.05, 4.69) is 0 Å². The zero-order valence-electron chi connectivity index (χ0n) is 9.31. The van der Waals surface area contributed by atoms with Crippen LogP contribution in [0.3, 0.4) is 0 Å². The standard InChI is InChI=1S/C12H15NO3/c1-9-4-2-6-13(12(9)15)8-10(14)11-5-3-7-16-11/h3,5,7,9H,2,4,6,8H2,1H3. The van der Waals surface area contributed by atoms with E-state index in [1.165, 1.54) is 6.26 Å². The van der Waals surface area contributed by atoms with Gasteiger partial charge in [-0.25, -0.2) is 0 Å². The minimum absolute atomic E-state index is 0.0400. The molecule has 1 aromatic rings. The molecule has 4 heteroatoms. The summed E-state index contributed by atoms with van der Waals surface area (Å²) in [6, 6.07) is 3.30. The van der Waals surface area contributed by atoms with E-state index < -0.39 is 0 Å². The number of likely N-dealkylation sites (tertiary alicyclic amines) is 1. The zero-order valence-corrected chi connectivity index (χ0v) is 9.31. The fraction of sp³-hybridized carbons (Fsp3) is 0.500. The van der Waals surface area contributed by atoms with Crippen molar-refractivity contribution in [3.05, 3.63) is 24.2 Å². The highest BCUT2D eigenvalue weighted by Gasteiger charge is 2.27. The molecular formula is C12H15NO3. The first kappa shape index (κ1) is 10.9. The number of ketones is 1. The number of amides is 1. The lowest BCUT2D eigenvalue weighted by atomic mass is 9.99. The second-order valence-electron chi connectivity index (χ2n) is 4.20. The van der Waals surface area contributed by atoms with E-state index in [-0.39, 0.29) is 24.2 Å². The summed E-state index contributed by atoms with van der Waals surface area (Å²) in [6.45, 7) is 2.72. The summed E-state index contributed by atoms with van der Waals surface area (Å²) in [4.78, 5) is 25.1. The van der Waals surface area contributed by atoms with Gasteiger partial charge in [-0.1, -0.05) is 6.92 Å². The third-order valence-electron chi connectivity index (χ3n) is 2.93. The summed E-state index contributed by atoms with van der Waals surface area (Å²) in [7, 11) is 0. The maximum absolute atomic E-state index is 11.8. The third kappa shape index (κ3) is 2.15. The number of carbonyl (C=O) groups is 2. The molecule has 1 aliphatic rings. The van der Waals surface area contributed by atoms with Crippen molar-refractivity contribution in [2.24, 2.45) is 5.92 Å². The first-order chi connectivity index (χ1) is 7.68. The molecule has 1 aliphatic heterocycles. The summed E-state index contributed by atoms with van der Waals surface area (Å²) >= 11 is 0. The van der Waals surface area contributed by atoms with Crippen LogP contribution in [0.15, 0.2) is 22.8 Å². The van der Waals surface area contributed by atoms with E-state index in [1.54, 1.807) is 17.0 Å². The van der Waals surface area contributed by atoms with Crippen LogP contribution in [-0.2, 0) is 4.79 Å². The summed E-state index contributed by atoms with van der Waals surface area (Å²) in [6.07, 6.45) is 3.36. The molecule has 1 saturated heterocycles. The molecule has 0 spiro atoms. The highest BCUT2D eigenvalue weighted by Crippen LogP contribution is 2.17. The van der Waals surface area contributed by atoms with Gasteiger partial charge in [0.25, 0.3) is 0 Å². The Morgan fingerprint density at radius 2 is 2.44 bits per heavy atom. The molecule has 0 radical (unpaired) electrons. The molecule has 1 aromatic heterocycles. The normalized spacial score (nSPS) is 21.2. The molecule has 0 aromatic carbocycles. The molecule has 1 unspecified atom stereocenters. The molecular weight excluding hydrogens is 206 g/mol. The van der Waals surface area contributed by atoms with Crippen molar-refractivity contribution in [1.29, 1.82) is 0 Å². The Labute approximate surface area is 94.2 Å². The zero-order chi connectivity index (χ0) is 11.5. The van der Waals surface area contributed by atoms with Crippen molar-refractivity contribution in [3.8, 4) is 0 Å². The fourth-order valence-corrected chi connectivity index (χ4v) is 1.98. The van der Waals surface area contributed by atoms with E-state index in [1.807, 2.05) is 6.92 Å². The minimum atomic E-state index is -0.132. The van der Waals surface area contributed by atoms with E-state index in [4.69, 9.17) is 4.42 Å². The first-order valence-electron chi connectivity index (χ1n) is 5.54. The Morgan fingerprint density at radius 3 is 3.12 bits per heavy atom. The molecule has 86 valence electrons. The van der Waals surface area contributed by atoms with E-state index >= 15 is 0 Å². The molecule has 4 nitrogen and oxygen atoms in total. The van der Waals surface area contributed by atoms with Gasteiger partial charge in [0.15, 0.2) is 5.76 Å². The highest BCUT2D eigenvalue weighted by molar-refractivity contribution is 5.97. The van der Waals surface area contributed by atoms with Gasteiger partial charge >= 0.3 is 0 Å². The van der Waals surface area contributed by atoms with Crippen molar-refractivity contribution >= 4 is 11.7 Å². The SMILES string of the molecule is CC1CCCN(CC(=O)c2ccco2)C1=O. The number of Topliss-reactive ketones (excluding diaryl/α,β-unsaturated/α-hetero) is 1. The average molecular weight is 221 g/mol. The Bertz CT molecular complexity index is 383. The predicted molar refractivity (Wildman–Crippen MR) is 58.0 cm³/mol. The molecule has 2 rings (SSSR count). The van der Waals surface area contributed by atoms with Crippen LogP contribution in [0.2, 0.25) is 0 Å². The van der Waals surface area contributed by atoms with Crippen molar-refractivity contribution in [3.63, 3.8) is 0 Å². The minimum Gasteiger partial charge on any atom is -0.461 e. The second kappa shape index (κ2) is 4.51. The van der Waals surface area contributed by atoms with Gasteiger partial charge in [0.05, 0.1) is 12.8 Å². The van der Waals surface area contributed by atoms with Crippen LogP contribution in [0.25, 0.3) is 0 Å². The Hall–Kier alpha value is -1.58. The van der Waals surface area contributed by atoms with Gasteiger partial charge in [0, 0.05) is 12.5 Å². The number of carbonyl (C=O) groups excluding carboxylic acids is 2. The van der Waals surface area contributed by atoms with Gasteiger partial charge in [0.1, 0.15) is 0 Å².